The first kappa shape index (κ1) is 8.61. The minimum Gasteiger partial charge on any atom is -0.352 e. The van der Waals surface area contributed by atoms with Gasteiger partial charge in [-0.05, 0) is 0 Å². The highest BCUT2D eigenvalue weighted by molar-refractivity contribution is 4.72. The Morgan fingerprint density at radius 2 is 1.33 bits per heavy atom. The lowest BCUT2D eigenvalue weighted by atomic mass is 10.3. The van der Waals surface area contributed by atoms with Gasteiger partial charge >= 0.3 is 12.1 Å². The molecule has 0 spiro atoms. The average molecular weight is 150 g/mol. The van der Waals surface area contributed by atoms with Crippen LogP contribution in [0.3, 0.4) is 0 Å². The van der Waals surface area contributed by atoms with E-state index in [0.717, 1.165) is 0 Å². The maximum absolute atomic E-state index is 11.5. The topological polar surface area (TPSA) is 27.6 Å². The van der Waals surface area contributed by atoms with Crippen LogP contribution < -0.4 is 5.73 Å². The Morgan fingerprint density at radius 3 is 1.33 bits per heavy atom. The standard InChI is InChI=1S/C3H4F5N/c4-2(5,1-9)3(6,7)8/h1,9H2/p+1. The van der Waals surface area contributed by atoms with Crippen LogP contribution in [0.15, 0.2) is 0 Å². The van der Waals surface area contributed by atoms with Gasteiger partial charge in [-0.1, -0.05) is 0 Å². The van der Waals surface area contributed by atoms with E-state index in [1.807, 2.05) is 0 Å². The van der Waals surface area contributed by atoms with E-state index in [2.05, 4.69) is 5.73 Å². The minimum atomic E-state index is -5.45. The van der Waals surface area contributed by atoms with E-state index < -0.39 is 18.6 Å². The molecule has 0 rings (SSSR count). The molecule has 56 valence electrons. The van der Waals surface area contributed by atoms with Gasteiger partial charge in [-0.3, -0.25) is 0 Å². The second-order valence-electron chi connectivity index (χ2n) is 1.45. The van der Waals surface area contributed by atoms with Crippen LogP contribution in [0.2, 0.25) is 0 Å². The van der Waals surface area contributed by atoms with Crippen LogP contribution in [0.1, 0.15) is 0 Å². The molecule has 0 aliphatic rings. The third kappa shape index (κ3) is 1.78. The van der Waals surface area contributed by atoms with Crippen molar-refractivity contribution in [2.75, 3.05) is 6.54 Å². The zero-order valence-electron chi connectivity index (χ0n) is 4.30. The summed E-state index contributed by atoms with van der Waals surface area (Å²) in [6, 6.07) is 0. The summed E-state index contributed by atoms with van der Waals surface area (Å²) in [5.41, 5.74) is 2.45. The van der Waals surface area contributed by atoms with Gasteiger partial charge in [0.25, 0.3) is 0 Å². The molecule has 0 aromatic heterocycles. The lowest BCUT2D eigenvalue weighted by Gasteiger charge is -2.14. The molecule has 0 fully saturated rings. The van der Waals surface area contributed by atoms with Crippen molar-refractivity contribution >= 4 is 0 Å². The lowest BCUT2D eigenvalue weighted by molar-refractivity contribution is -0.441. The molecule has 0 aromatic carbocycles. The smallest absolute Gasteiger partial charge is 0.352 e. The van der Waals surface area contributed by atoms with E-state index in [-0.39, 0.29) is 0 Å². The van der Waals surface area contributed by atoms with Gasteiger partial charge in [0.15, 0.2) is 0 Å². The number of alkyl halides is 5. The van der Waals surface area contributed by atoms with Gasteiger partial charge in [-0.2, -0.15) is 22.0 Å². The van der Waals surface area contributed by atoms with Crippen molar-refractivity contribution < 1.29 is 27.7 Å². The quantitative estimate of drug-likeness (QED) is 0.525. The number of halogens is 5. The summed E-state index contributed by atoms with van der Waals surface area (Å²) in [5.74, 6) is -4.63. The first-order valence-electron chi connectivity index (χ1n) is 2.05. The molecular weight excluding hydrogens is 145 g/mol. The zero-order valence-corrected chi connectivity index (χ0v) is 4.30. The first-order chi connectivity index (χ1) is 3.81. The van der Waals surface area contributed by atoms with Crippen LogP contribution in [0.4, 0.5) is 22.0 Å². The van der Waals surface area contributed by atoms with E-state index in [0.29, 0.717) is 0 Å². The molecule has 0 aliphatic heterocycles. The third-order valence-corrected chi connectivity index (χ3v) is 0.729. The molecule has 0 aromatic rings. The number of hydrogen-bond donors (Lipinski definition) is 1. The second-order valence-corrected chi connectivity index (χ2v) is 1.45. The fourth-order valence-electron chi connectivity index (χ4n) is 0.142. The van der Waals surface area contributed by atoms with Gasteiger partial charge in [0.2, 0.25) is 0 Å². The van der Waals surface area contributed by atoms with E-state index in [9.17, 15) is 22.0 Å². The van der Waals surface area contributed by atoms with Crippen molar-refractivity contribution in [2.45, 2.75) is 12.1 Å². The number of quaternary nitrogens is 1. The predicted molar refractivity (Wildman–Crippen MR) is 18.8 cm³/mol. The summed E-state index contributed by atoms with van der Waals surface area (Å²) in [7, 11) is 0. The summed E-state index contributed by atoms with van der Waals surface area (Å²) in [6.07, 6.45) is -5.45. The van der Waals surface area contributed by atoms with Crippen molar-refractivity contribution in [3.63, 3.8) is 0 Å². The monoisotopic (exact) mass is 150 g/mol. The minimum absolute atomic E-state index is 1.45. The van der Waals surface area contributed by atoms with Crippen molar-refractivity contribution in [1.82, 2.24) is 0 Å². The SMILES string of the molecule is [NH3+]CC(F)(F)C(F)(F)F. The van der Waals surface area contributed by atoms with E-state index in [1.54, 1.807) is 0 Å². The molecular formula is C3H5F5N+. The highest BCUT2D eigenvalue weighted by atomic mass is 19.4. The second kappa shape index (κ2) is 2.09. The molecule has 0 aliphatic carbocycles. The van der Waals surface area contributed by atoms with Crippen LogP contribution in [0, 0.1) is 0 Å². The molecule has 0 amide bonds. The summed E-state index contributed by atoms with van der Waals surface area (Å²) in [6.45, 7) is -1.45. The maximum atomic E-state index is 11.5. The molecule has 0 radical (unpaired) electrons. The highest BCUT2D eigenvalue weighted by Gasteiger charge is 2.58. The Morgan fingerprint density at radius 1 is 1.00 bits per heavy atom. The Balaban J connectivity index is 4.14. The van der Waals surface area contributed by atoms with E-state index >= 15 is 0 Å². The van der Waals surface area contributed by atoms with Gasteiger partial charge in [0.1, 0.15) is 6.54 Å². The molecule has 0 atom stereocenters. The average Bonchev–Trinajstić information content (AvgIpc) is 1.64. The van der Waals surface area contributed by atoms with Crippen LogP contribution in [-0.4, -0.2) is 18.6 Å². The normalized spacial score (nSPS) is 14.0. The Hall–Kier alpha value is -0.390. The van der Waals surface area contributed by atoms with Crippen molar-refractivity contribution in [1.29, 1.82) is 0 Å². The fraction of sp³-hybridized carbons (Fsp3) is 1.00. The van der Waals surface area contributed by atoms with Gasteiger partial charge in [0, 0.05) is 0 Å². The summed E-state index contributed by atoms with van der Waals surface area (Å²) in [4.78, 5) is 0. The van der Waals surface area contributed by atoms with Crippen molar-refractivity contribution in [3.8, 4) is 0 Å². The van der Waals surface area contributed by atoms with Crippen LogP contribution >= 0.6 is 0 Å². The Labute approximate surface area is 47.6 Å². The Bertz CT molecular complexity index is 94.9. The molecule has 0 bridgehead atoms. The maximum Gasteiger partial charge on any atom is 0.459 e. The van der Waals surface area contributed by atoms with Crippen LogP contribution in [0.25, 0.3) is 0 Å². The molecule has 3 N–H and O–H groups in total. The van der Waals surface area contributed by atoms with Crippen molar-refractivity contribution in [2.24, 2.45) is 0 Å². The third-order valence-electron chi connectivity index (χ3n) is 0.729. The fourth-order valence-corrected chi connectivity index (χ4v) is 0.142. The predicted octanol–water partition coefficient (Wildman–Crippen LogP) is 0.426. The highest BCUT2D eigenvalue weighted by Crippen LogP contribution is 2.33. The molecule has 0 saturated carbocycles. The van der Waals surface area contributed by atoms with Crippen molar-refractivity contribution in [3.05, 3.63) is 0 Å². The molecule has 0 saturated heterocycles. The number of hydrogen-bond acceptors (Lipinski definition) is 0. The summed E-state index contributed by atoms with van der Waals surface area (Å²) < 4.78 is 56.1. The summed E-state index contributed by atoms with van der Waals surface area (Å²) in [5, 5.41) is 0. The van der Waals surface area contributed by atoms with Gasteiger partial charge in [-0.15, -0.1) is 0 Å². The Kier molecular flexibility index (Phi) is 2.00. The molecule has 0 unspecified atom stereocenters. The summed E-state index contributed by atoms with van der Waals surface area (Å²) >= 11 is 0. The first-order valence-corrected chi connectivity index (χ1v) is 2.05. The van der Waals surface area contributed by atoms with E-state index in [4.69, 9.17) is 0 Å². The zero-order chi connectivity index (χ0) is 7.71. The molecule has 9 heavy (non-hydrogen) atoms. The molecule has 6 heteroatoms. The van der Waals surface area contributed by atoms with Gasteiger partial charge in [-0.25, -0.2) is 0 Å². The number of rotatable bonds is 1. The van der Waals surface area contributed by atoms with Crippen LogP contribution in [0.5, 0.6) is 0 Å². The van der Waals surface area contributed by atoms with E-state index in [1.165, 1.54) is 0 Å². The largest absolute Gasteiger partial charge is 0.459 e. The van der Waals surface area contributed by atoms with Gasteiger partial charge in [0.05, 0.1) is 0 Å². The molecule has 0 heterocycles. The lowest BCUT2D eigenvalue weighted by Crippen LogP contribution is -2.62. The van der Waals surface area contributed by atoms with Gasteiger partial charge < -0.3 is 5.73 Å². The molecule has 1 nitrogen and oxygen atoms in total. The van der Waals surface area contributed by atoms with Crippen LogP contribution in [-0.2, 0) is 0 Å².